The lowest BCUT2D eigenvalue weighted by atomic mass is 10.0. The lowest BCUT2D eigenvalue weighted by Gasteiger charge is -2.13. The first kappa shape index (κ1) is 51.4. The molecule has 69 heavy (non-hydrogen) atoms. The van der Waals surface area contributed by atoms with Crippen molar-refractivity contribution < 1.29 is 0 Å². The third-order valence-electron chi connectivity index (χ3n) is 10.8. The molecule has 2 heterocycles. The van der Waals surface area contributed by atoms with Crippen LogP contribution in [0.15, 0.2) is 255 Å². The predicted octanol–water partition coefficient (Wildman–Crippen LogP) is 17.2. The van der Waals surface area contributed by atoms with E-state index in [1.54, 1.807) is 12.2 Å². The van der Waals surface area contributed by atoms with Crippen molar-refractivity contribution in [3.05, 3.63) is 267 Å². The summed E-state index contributed by atoms with van der Waals surface area (Å²) in [6, 6.07) is 67.8. The second-order valence-corrected chi connectivity index (χ2v) is 15.9. The van der Waals surface area contributed by atoms with E-state index in [1.807, 2.05) is 113 Å². The normalized spacial score (nSPS) is 10.3. The molecule has 0 aliphatic rings. The van der Waals surface area contributed by atoms with E-state index in [1.165, 1.54) is 77.1 Å². The zero-order valence-corrected chi connectivity index (χ0v) is 40.8. The van der Waals surface area contributed by atoms with Gasteiger partial charge in [-0.25, -0.2) is 0 Å². The van der Waals surface area contributed by atoms with Gasteiger partial charge in [-0.1, -0.05) is 194 Å². The van der Waals surface area contributed by atoms with Crippen LogP contribution < -0.4 is 5.73 Å². The Morgan fingerprint density at radius 3 is 1.74 bits per heavy atom. The smallest absolute Gasteiger partial charge is 0.122 e. The first-order valence-corrected chi connectivity index (χ1v) is 23.2. The lowest BCUT2D eigenvalue weighted by molar-refractivity contribution is 1.08. The molecule has 0 saturated heterocycles. The molecule has 5 heteroatoms. The van der Waals surface area contributed by atoms with Crippen LogP contribution in [0.25, 0.3) is 66.0 Å². The van der Waals surface area contributed by atoms with Gasteiger partial charge in [-0.15, -0.1) is 6.58 Å². The summed E-state index contributed by atoms with van der Waals surface area (Å²) in [7, 11) is 0. The molecule has 2 aromatic heterocycles. The summed E-state index contributed by atoms with van der Waals surface area (Å²) in [5, 5.41) is 13.3. The first-order valence-electron chi connectivity index (χ1n) is 23.2. The summed E-state index contributed by atoms with van der Waals surface area (Å²) < 4.78 is 4.73. The van der Waals surface area contributed by atoms with Crippen LogP contribution in [0.4, 0.5) is 0 Å². The number of aryl methyl sites for hydroxylation is 1. The Morgan fingerprint density at radius 1 is 0.565 bits per heavy atom. The quantitative estimate of drug-likeness (QED) is 0.0711. The van der Waals surface area contributed by atoms with Crippen LogP contribution in [0.5, 0.6) is 0 Å². The molecule has 10 rings (SSSR count). The molecule has 0 atom stereocenters. The Bertz CT molecular complexity index is 3260. The van der Waals surface area contributed by atoms with E-state index in [2.05, 4.69) is 181 Å². The SMILES string of the molecule is C/C=C\C.C=C/C=C\C.C=CC.C=NCc1ccccc1.Cc1cccc(-c2cccc(-n3c4ccccc4c4ccc5cc6c(ccn6-c6ccccc6)cc5c43)c2)c1.N=C(N)c1ccccc1. The molecule has 0 aliphatic heterocycles. The van der Waals surface area contributed by atoms with Crippen molar-refractivity contribution in [2.24, 2.45) is 10.7 Å². The number of hydrogen-bond donors (Lipinski definition) is 2. The third kappa shape index (κ3) is 14.0. The Morgan fingerprint density at radius 2 is 1.16 bits per heavy atom. The number of para-hydroxylation sites is 2. The van der Waals surface area contributed by atoms with Gasteiger partial charge in [-0.05, 0) is 112 Å². The van der Waals surface area contributed by atoms with Gasteiger partial charge in [0.2, 0.25) is 0 Å². The number of amidine groups is 1. The minimum Gasteiger partial charge on any atom is -0.384 e. The van der Waals surface area contributed by atoms with Crippen molar-refractivity contribution >= 4 is 56.0 Å². The van der Waals surface area contributed by atoms with Crippen LogP contribution >= 0.6 is 0 Å². The van der Waals surface area contributed by atoms with Crippen molar-refractivity contribution in [2.45, 2.75) is 41.2 Å². The van der Waals surface area contributed by atoms with E-state index in [0.717, 1.165) is 12.1 Å². The lowest BCUT2D eigenvalue weighted by Crippen LogP contribution is -2.10. The van der Waals surface area contributed by atoms with Crippen LogP contribution in [0, 0.1) is 12.3 Å². The van der Waals surface area contributed by atoms with Crippen LogP contribution in [0.2, 0.25) is 0 Å². The molecule has 0 bridgehead atoms. The van der Waals surface area contributed by atoms with Gasteiger partial charge in [0.05, 0.1) is 23.1 Å². The molecule has 0 aliphatic carbocycles. The summed E-state index contributed by atoms with van der Waals surface area (Å²) in [4.78, 5) is 3.76. The first-order chi connectivity index (χ1) is 33.7. The maximum Gasteiger partial charge on any atom is 0.122 e. The van der Waals surface area contributed by atoms with Crippen LogP contribution in [0.1, 0.15) is 44.4 Å². The predicted molar refractivity (Wildman–Crippen MR) is 304 cm³/mol. The van der Waals surface area contributed by atoms with E-state index in [-0.39, 0.29) is 5.84 Å². The molecule has 0 spiro atoms. The van der Waals surface area contributed by atoms with Crippen LogP contribution in [-0.4, -0.2) is 21.7 Å². The molecular weight excluding hydrogens is 839 g/mol. The number of aromatic nitrogens is 2. The standard InChI is InChI=1S/C37H26N2.C8H9N.C7H8N2.C5H8.C4H8.C3H6/c1-25-9-7-10-26(21-25)27-11-8-14-31(22-27)39-35-16-6-5-15-32(35)33-18-17-28-24-36-29(23-34(28)37(33)39)19-20-38(36)30-12-3-2-4-13-30;1-9-7-8-5-3-2-4-6-8;8-7(9)6-4-2-1-3-5-6;1-3-5-4-2;1-3-4-2;1-3-2/h2-24H,1H3;2-6H,1,7H2;1-5H,(H3,8,9);3-5H,1H2,2H3;3-4H,1-2H3;3H,1H2,2H3/b;;;5-4-;4-3-;. The van der Waals surface area contributed by atoms with Gasteiger partial charge in [-0.3, -0.25) is 10.4 Å². The second kappa shape index (κ2) is 27.2. The van der Waals surface area contributed by atoms with Gasteiger partial charge in [-0.2, -0.15) is 0 Å². The number of nitrogens with two attached hydrogens (primary N) is 1. The van der Waals surface area contributed by atoms with Crippen molar-refractivity contribution in [1.29, 1.82) is 5.41 Å². The van der Waals surface area contributed by atoms with Crippen LogP contribution in [0.3, 0.4) is 0 Å². The summed E-state index contributed by atoms with van der Waals surface area (Å²) >= 11 is 0. The average molecular weight is 904 g/mol. The molecule has 0 unspecified atom stereocenters. The van der Waals surface area contributed by atoms with Crippen molar-refractivity contribution in [1.82, 2.24) is 9.13 Å². The summed E-state index contributed by atoms with van der Waals surface area (Å²) in [6.07, 6.45) is 13.5. The highest BCUT2D eigenvalue weighted by molar-refractivity contribution is 6.20. The fraction of sp³-hybridized carbons (Fsp3) is 0.0938. The van der Waals surface area contributed by atoms with Gasteiger partial charge in [0.15, 0.2) is 0 Å². The molecule has 0 radical (unpaired) electrons. The number of nitrogens with zero attached hydrogens (tertiary/aromatic N) is 3. The number of aliphatic imine (C=N–C) groups is 1. The van der Waals surface area contributed by atoms with Gasteiger partial charge < -0.3 is 14.9 Å². The zero-order chi connectivity index (χ0) is 49.4. The van der Waals surface area contributed by atoms with Gasteiger partial charge >= 0.3 is 0 Å². The third-order valence-corrected chi connectivity index (χ3v) is 10.8. The number of allylic oxidation sites excluding steroid dienone is 6. The van der Waals surface area contributed by atoms with E-state index in [9.17, 15) is 0 Å². The molecule has 0 fully saturated rings. The van der Waals surface area contributed by atoms with Gasteiger partial charge in [0.1, 0.15) is 5.84 Å². The number of nitrogens with one attached hydrogen (secondary N) is 1. The highest BCUT2D eigenvalue weighted by atomic mass is 15.0. The van der Waals surface area contributed by atoms with Crippen molar-refractivity contribution in [3.8, 4) is 22.5 Å². The maximum atomic E-state index is 7.01. The number of hydrogen-bond acceptors (Lipinski definition) is 2. The number of fused-ring (bicyclic) bond motifs is 6. The average Bonchev–Trinajstić information content (AvgIpc) is 3.97. The van der Waals surface area contributed by atoms with E-state index >= 15 is 0 Å². The largest absolute Gasteiger partial charge is 0.384 e. The number of nitrogen functional groups attached to an aromatic ring is 1. The number of benzene rings is 8. The molecule has 5 nitrogen and oxygen atoms in total. The molecule has 0 saturated carbocycles. The maximum absolute atomic E-state index is 7.01. The van der Waals surface area contributed by atoms with Gasteiger partial charge in [0, 0.05) is 44.7 Å². The van der Waals surface area contributed by atoms with E-state index in [0.29, 0.717) is 0 Å². The fourth-order valence-electron chi connectivity index (χ4n) is 7.61. The minimum atomic E-state index is 0.121. The summed E-state index contributed by atoms with van der Waals surface area (Å²) in [5.74, 6) is 0.121. The second-order valence-electron chi connectivity index (χ2n) is 15.9. The summed E-state index contributed by atoms with van der Waals surface area (Å²) in [5.41, 5.74) is 17.0. The topological polar surface area (TPSA) is 72.1 Å². The zero-order valence-electron chi connectivity index (χ0n) is 40.8. The van der Waals surface area contributed by atoms with Crippen LogP contribution in [-0.2, 0) is 6.54 Å². The summed E-state index contributed by atoms with van der Waals surface area (Å²) in [6.45, 7) is 21.0. The Balaban J connectivity index is 0.000000240. The van der Waals surface area contributed by atoms with E-state index in [4.69, 9.17) is 11.1 Å². The van der Waals surface area contributed by atoms with Gasteiger partial charge in [0.25, 0.3) is 0 Å². The molecule has 10 aromatic rings. The molecule has 0 amide bonds. The monoisotopic (exact) mass is 904 g/mol. The van der Waals surface area contributed by atoms with E-state index < -0.39 is 0 Å². The molecule has 3 N–H and O–H groups in total. The molecular formula is C64H65N5. The Kier molecular flexibility index (Phi) is 20.3. The molecule has 8 aromatic carbocycles. The minimum absolute atomic E-state index is 0.121. The van der Waals surface area contributed by atoms with Crippen molar-refractivity contribution in [3.63, 3.8) is 0 Å². The Hall–Kier alpha value is -8.54. The van der Waals surface area contributed by atoms with Crippen molar-refractivity contribution in [2.75, 3.05) is 0 Å². The number of rotatable bonds is 7. The highest BCUT2D eigenvalue weighted by Crippen LogP contribution is 2.39. The fourth-order valence-corrected chi connectivity index (χ4v) is 7.61. The molecule has 346 valence electrons. The Labute approximate surface area is 409 Å². The highest BCUT2D eigenvalue weighted by Gasteiger charge is 2.17.